The standard InChI is InChI=1S/C23H26ClN5O8S/c1-15-21(22(30)25-10-12-35-2)27-28(17-6-4-16(24)5-7-17)23(15)37-19-9-8-18(29(31)32)14-20(19)38(33,34)26-11-13-36-3/h4-9,14,26H,10-13H2,1-3H3,(H,25,30). The van der Waals surface area contributed by atoms with E-state index in [1.54, 1.807) is 31.2 Å². The van der Waals surface area contributed by atoms with Crippen molar-refractivity contribution in [2.75, 3.05) is 40.5 Å². The van der Waals surface area contributed by atoms with Gasteiger partial charge in [-0.3, -0.25) is 14.9 Å². The van der Waals surface area contributed by atoms with Gasteiger partial charge in [0.1, 0.15) is 10.6 Å². The largest absolute Gasteiger partial charge is 0.437 e. The number of aromatic nitrogens is 2. The minimum atomic E-state index is -4.26. The molecular formula is C23H26ClN5O8S. The fraction of sp³-hybridized carbons (Fsp3) is 0.304. The molecule has 0 spiro atoms. The molecule has 0 aliphatic rings. The van der Waals surface area contributed by atoms with Crippen molar-refractivity contribution in [2.45, 2.75) is 11.8 Å². The molecule has 0 saturated carbocycles. The molecule has 3 aromatic rings. The minimum Gasteiger partial charge on any atom is -0.437 e. The number of nitro groups is 1. The van der Waals surface area contributed by atoms with Gasteiger partial charge in [0, 0.05) is 50.0 Å². The average molecular weight is 568 g/mol. The van der Waals surface area contributed by atoms with Gasteiger partial charge in [-0.2, -0.15) is 9.78 Å². The third kappa shape index (κ3) is 6.85. The van der Waals surface area contributed by atoms with Crippen LogP contribution in [0.1, 0.15) is 16.1 Å². The summed E-state index contributed by atoms with van der Waals surface area (Å²) < 4.78 is 45.6. The maximum Gasteiger partial charge on any atom is 0.272 e. The summed E-state index contributed by atoms with van der Waals surface area (Å²) in [6.07, 6.45) is 0. The Hall–Kier alpha value is -3.56. The topological polar surface area (TPSA) is 164 Å². The first-order chi connectivity index (χ1) is 18.1. The normalized spacial score (nSPS) is 11.4. The third-order valence-corrected chi connectivity index (χ3v) is 6.91. The molecule has 0 aliphatic heterocycles. The lowest BCUT2D eigenvalue weighted by molar-refractivity contribution is -0.385. The van der Waals surface area contributed by atoms with E-state index in [4.69, 9.17) is 25.8 Å². The molecule has 0 radical (unpaired) electrons. The van der Waals surface area contributed by atoms with Crippen molar-refractivity contribution in [1.82, 2.24) is 19.8 Å². The Morgan fingerprint density at radius 2 is 1.76 bits per heavy atom. The van der Waals surface area contributed by atoms with E-state index in [9.17, 15) is 23.3 Å². The summed E-state index contributed by atoms with van der Waals surface area (Å²) in [6.45, 7) is 2.10. The summed E-state index contributed by atoms with van der Waals surface area (Å²) in [4.78, 5) is 23.0. The SMILES string of the molecule is COCCNC(=O)c1nn(-c2ccc(Cl)cc2)c(Oc2ccc([N+](=O)[O-])cc2S(=O)(=O)NCCOC)c1C. The number of rotatable bonds is 13. The van der Waals surface area contributed by atoms with Crippen LogP contribution in [-0.4, -0.2) is 69.6 Å². The fourth-order valence-corrected chi connectivity index (χ4v) is 4.57. The fourth-order valence-electron chi connectivity index (χ4n) is 3.29. The molecule has 2 N–H and O–H groups in total. The first-order valence-electron chi connectivity index (χ1n) is 11.2. The van der Waals surface area contributed by atoms with E-state index in [2.05, 4.69) is 15.1 Å². The van der Waals surface area contributed by atoms with Crippen LogP contribution in [-0.2, 0) is 19.5 Å². The molecule has 1 amide bonds. The van der Waals surface area contributed by atoms with Crippen LogP contribution in [0.25, 0.3) is 5.69 Å². The Kier molecular flexibility index (Phi) is 9.77. The van der Waals surface area contributed by atoms with E-state index in [0.717, 1.165) is 12.1 Å². The monoisotopic (exact) mass is 567 g/mol. The molecule has 38 heavy (non-hydrogen) atoms. The second-order valence-corrected chi connectivity index (χ2v) is 9.97. The predicted molar refractivity (Wildman–Crippen MR) is 138 cm³/mol. The minimum absolute atomic E-state index is 0.0198. The van der Waals surface area contributed by atoms with Crippen LogP contribution in [0.2, 0.25) is 5.02 Å². The molecule has 2 aromatic carbocycles. The highest BCUT2D eigenvalue weighted by molar-refractivity contribution is 7.89. The van der Waals surface area contributed by atoms with Crippen LogP contribution in [0, 0.1) is 17.0 Å². The van der Waals surface area contributed by atoms with Gasteiger partial charge in [0.05, 0.1) is 23.8 Å². The highest BCUT2D eigenvalue weighted by Gasteiger charge is 2.27. The molecule has 1 aromatic heterocycles. The van der Waals surface area contributed by atoms with Gasteiger partial charge >= 0.3 is 0 Å². The Bertz CT molecular complexity index is 1410. The number of carbonyl (C=O) groups is 1. The molecule has 15 heteroatoms. The first-order valence-corrected chi connectivity index (χ1v) is 13.0. The van der Waals surface area contributed by atoms with Crippen LogP contribution in [0.3, 0.4) is 0 Å². The molecule has 13 nitrogen and oxygen atoms in total. The van der Waals surface area contributed by atoms with E-state index in [1.807, 2.05) is 0 Å². The maximum absolute atomic E-state index is 13.0. The van der Waals surface area contributed by atoms with Crippen molar-refractivity contribution in [3.63, 3.8) is 0 Å². The van der Waals surface area contributed by atoms with Gasteiger partial charge in [-0.15, -0.1) is 0 Å². The Labute approximate surface area is 223 Å². The van der Waals surface area contributed by atoms with Crippen LogP contribution < -0.4 is 14.8 Å². The second kappa shape index (κ2) is 12.8. The summed E-state index contributed by atoms with van der Waals surface area (Å²) in [5.74, 6) is -0.702. The van der Waals surface area contributed by atoms with Gasteiger partial charge in [0.25, 0.3) is 11.6 Å². The molecular weight excluding hydrogens is 542 g/mol. The van der Waals surface area contributed by atoms with E-state index in [0.29, 0.717) is 16.3 Å². The molecule has 0 fully saturated rings. The predicted octanol–water partition coefficient (Wildman–Crippen LogP) is 2.84. The second-order valence-electron chi connectivity index (χ2n) is 7.80. The smallest absolute Gasteiger partial charge is 0.272 e. The number of nitrogens with zero attached hydrogens (tertiary/aromatic N) is 3. The van der Waals surface area contributed by atoms with Crippen molar-refractivity contribution in [1.29, 1.82) is 0 Å². The summed E-state index contributed by atoms with van der Waals surface area (Å²) in [5, 5.41) is 18.9. The summed E-state index contributed by atoms with van der Waals surface area (Å²) in [6, 6.07) is 9.65. The number of hydrogen-bond donors (Lipinski definition) is 2. The number of ether oxygens (including phenoxy) is 3. The number of carbonyl (C=O) groups excluding carboxylic acids is 1. The molecule has 204 valence electrons. The van der Waals surface area contributed by atoms with Gasteiger partial charge in [0.2, 0.25) is 15.9 Å². The molecule has 0 atom stereocenters. The Morgan fingerprint density at radius 3 is 2.39 bits per heavy atom. The lowest BCUT2D eigenvalue weighted by atomic mass is 10.2. The Balaban J connectivity index is 2.13. The molecule has 0 saturated heterocycles. The lowest BCUT2D eigenvalue weighted by Gasteiger charge is -2.14. The van der Waals surface area contributed by atoms with Gasteiger partial charge < -0.3 is 19.5 Å². The summed E-state index contributed by atoms with van der Waals surface area (Å²) in [7, 11) is -1.36. The highest BCUT2D eigenvalue weighted by atomic mass is 35.5. The van der Waals surface area contributed by atoms with Crippen molar-refractivity contribution in [3.05, 3.63) is 68.9 Å². The molecule has 0 bridgehead atoms. The first kappa shape index (κ1) is 29.0. The summed E-state index contributed by atoms with van der Waals surface area (Å²) in [5.41, 5.74) is 0.332. The Morgan fingerprint density at radius 1 is 1.11 bits per heavy atom. The van der Waals surface area contributed by atoms with E-state index in [-0.39, 0.29) is 43.6 Å². The zero-order valence-corrected chi connectivity index (χ0v) is 22.3. The van der Waals surface area contributed by atoms with Crippen molar-refractivity contribution in [3.8, 4) is 17.3 Å². The zero-order valence-electron chi connectivity index (χ0n) is 20.8. The quantitative estimate of drug-likeness (QED) is 0.179. The van der Waals surface area contributed by atoms with Crippen LogP contribution in [0.5, 0.6) is 11.6 Å². The summed E-state index contributed by atoms with van der Waals surface area (Å²) >= 11 is 6.02. The van der Waals surface area contributed by atoms with Crippen LogP contribution in [0.15, 0.2) is 47.4 Å². The van der Waals surface area contributed by atoms with Gasteiger partial charge in [-0.05, 0) is 37.3 Å². The number of nitrogens with one attached hydrogen (secondary N) is 2. The molecule has 1 heterocycles. The number of non-ortho nitro benzene ring substituents is 1. The number of halogens is 1. The van der Waals surface area contributed by atoms with Gasteiger partial charge in [0.15, 0.2) is 5.69 Å². The average Bonchev–Trinajstić information content (AvgIpc) is 3.20. The third-order valence-electron chi connectivity index (χ3n) is 5.18. The molecule has 0 aliphatic carbocycles. The van der Waals surface area contributed by atoms with Gasteiger partial charge in [-0.25, -0.2) is 13.1 Å². The zero-order chi connectivity index (χ0) is 27.9. The van der Waals surface area contributed by atoms with Crippen LogP contribution in [0.4, 0.5) is 5.69 Å². The van der Waals surface area contributed by atoms with Crippen LogP contribution >= 0.6 is 11.6 Å². The number of amides is 1. The molecule has 3 rings (SSSR count). The van der Waals surface area contributed by atoms with Gasteiger partial charge in [-0.1, -0.05) is 11.6 Å². The van der Waals surface area contributed by atoms with Crippen molar-refractivity contribution in [2.24, 2.45) is 0 Å². The highest BCUT2D eigenvalue weighted by Crippen LogP contribution is 2.35. The van der Waals surface area contributed by atoms with E-state index < -0.39 is 31.4 Å². The number of sulfonamides is 1. The van der Waals surface area contributed by atoms with E-state index >= 15 is 0 Å². The number of methoxy groups -OCH3 is 2. The van der Waals surface area contributed by atoms with E-state index in [1.165, 1.54) is 25.0 Å². The number of benzene rings is 2. The number of nitro benzene ring substituents is 1. The number of hydrogen-bond acceptors (Lipinski definition) is 9. The molecule has 0 unspecified atom stereocenters. The maximum atomic E-state index is 13.0. The van der Waals surface area contributed by atoms with Crippen molar-refractivity contribution >= 4 is 33.2 Å². The lowest BCUT2D eigenvalue weighted by Crippen LogP contribution is -2.28. The van der Waals surface area contributed by atoms with Crippen molar-refractivity contribution < 1.29 is 32.3 Å².